The highest BCUT2D eigenvalue weighted by Crippen LogP contribution is 2.48. The fraction of sp³-hybridized carbons (Fsp3) is 0.0870. The molecule has 26 heavy (non-hydrogen) atoms. The molecule has 2 aromatic carbocycles. The lowest BCUT2D eigenvalue weighted by Gasteiger charge is -2.36. The number of rotatable bonds is 2. The van der Waals surface area contributed by atoms with Crippen LogP contribution in [-0.2, 0) is 0 Å². The van der Waals surface area contributed by atoms with E-state index in [9.17, 15) is 0 Å². The fourth-order valence-electron chi connectivity index (χ4n) is 4.04. The van der Waals surface area contributed by atoms with E-state index in [1.807, 2.05) is 12.3 Å². The van der Waals surface area contributed by atoms with Gasteiger partial charge in [0.1, 0.15) is 0 Å². The molecule has 2 atom stereocenters. The zero-order valence-corrected chi connectivity index (χ0v) is 14.8. The van der Waals surface area contributed by atoms with Gasteiger partial charge in [0.25, 0.3) is 0 Å². The van der Waals surface area contributed by atoms with Crippen LogP contribution in [0.15, 0.2) is 96.2 Å². The van der Waals surface area contributed by atoms with Gasteiger partial charge >= 0.3 is 0 Å². The van der Waals surface area contributed by atoms with Crippen molar-refractivity contribution in [3.63, 3.8) is 0 Å². The molecule has 0 saturated heterocycles. The van der Waals surface area contributed by atoms with Crippen molar-refractivity contribution in [2.24, 2.45) is 5.92 Å². The molecular formula is C23H17ClN2. The Kier molecular flexibility index (Phi) is 3.65. The summed E-state index contributed by atoms with van der Waals surface area (Å²) in [5, 5.41) is 5.41. The van der Waals surface area contributed by atoms with Crippen LogP contribution in [0.4, 0.5) is 0 Å². The van der Waals surface area contributed by atoms with Gasteiger partial charge in [-0.25, -0.2) is 0 Å². The molecule has 2 heterocycles. The monoisotopic (exact) mass is 356 g/mol. The van der Waals surface area contributed by atoms with Gasteiger partial charge in [-0.15, -0.1) is 0 Å². The lowest BCUT2D eigenvalue weighted by molar-refractivity contribution is 0.469. The third kappa shape index (κ3) is 2.38. The molecule has 1 aliphatic carbocycles. The Labute approximate surface area is 157 Å². The third-order valence-electron chi connectivity index (χ3n) is 5.12. The van der Waals surface area contributed by atoms with Gasteiger partial charge in [-0.3, -0.25) is 4.68 Å². The first kappa shape index (κ1) is 15.4. The van der Waals surface area contributed by atoms with Crippen LogP contribution in [0.25, 0.3) is 11.1 Å². The summed E-state index contributed by atoms with van der Waals surface area (Å²) in [6, 6.07) is 23.4. The predicted octanol–water partition coefficient (Wildman–Crippen LogP) is 5.71. The van der Waals surface area contributed by atoms with Crippen LogP contribution >= 0.6 is 11.6 Å². The molecular weight excluding hydrogens is 340 g/mol. The average molecular weight is 357 g/mol. The maximum Gasteiger partial charge on any atom is 0.0814 e. The molecule has 1 aromatic heterocycles. The number of halogens is 1. The maximum absolute atomic E-state index is 6.41. The van der Waals surface area contributed by atoms with Crippen LogP contribution in [0.3, 0.4) is 0 Å². The number of nitrogens with zero attached hydrogens (tertiary/aromatic N) is 2. The fourth-order valence-corrected chi connectivity index (χ4v) is 4.25. The van der Waals surface area contributed by atoms with Crippen LogP contribution in [0.2, 0.25) is 0 Å². The topological polar surface area (TPSA) is 17.8 Å². The summed E-state index contributed by atoms with van der Waals surface area (Å²) in [5.74, 6) is 0.150. The highest BCUT2D eigenvalue weighted by molar-refractivity contribution is 6.31. The van der Waals surface area contributed by atoms with Gasteiger partial charge in [-0.2, -0.15) is 5.10 Å². The van der Waals surface area contributed by atoms with E-state index in [-0.39, 0.29) is 12.0 Å². The van der Waals surface area contributed by atoms with Crippen LogP contribution in [0, 0.1) is 5.92 Å². The van der Waals surface area contributed by atoms with E-state index in [1.54, 1.807) is 0 Å². The predicted molar refractivity (Wildman–Crippen MR) is 107 cm³/mol. The quantitative estimate of drug-likeness (QED) is 0.575. The molecule has 0 radical (unpaired) electrons. The smallest absolute Gasteiger partial charge is 0.0814 e. The first-order valence-corrected chi connectivity index (χ1v) is 9.15. The third-order valence-corrected chi connectivity index (χ3v) is 5.37. The van der Waals surface area contributed by atoms with Crippen molar-refractivity contribution in [2.75, 3.05) is 0 Å². The minimum atomic E-state index is 0.144. The number of fused-ring (bicyclic) bond motifs is 3. The van der Waals surface area contributed by atoms with Crippen molar-refractivity contribution in [3.8, 4) is 0 Å². The highest BCUT2D eigenvalue weighted by atomic mass is 35.5. The first-order chi connectivity index (χ1) is 12.8. The molecule has 126 valence electrons. The Bertz CT molecular complexity index is 1040. The zero-order chi connectivity index (χ0) is 17.5. The van der Waals surface area contributed by atoms with Crippen molar-refractivity contribution in [2.45, 2.75) is 6.04 Å². The molecule has 0 spiro atoms. The van der Waals surface area contributed by atoms with Gasteiger partial charge < -0.3 is 0 Å². The molecule has 2 aliphatic rings. The van der Waals surface area contributed by atoms with Gasteiger partial charge in [0.05, 0.1) is 11.7 Å². The van der Waals surface area contributed by atoms with Gasteiger partial charge in [0.15, 0.2) is 0 Å². The lowest BCUT2D eigenvalue weighted by Crippen LogP contribution is -2.27. The van der Waals surface area contributed by atoms with Gasteiger partial charge in [0.2, 0.25) is 0 Å². The molecule has 1 aliphatic heterocycles. The van der Waals surface area contributed by atoms with Gasteiger partial charge in [-0.1, -0.05) is 84.4 Å². The van der Waals surface area contributed by atoms with Crippen LogP contribution in [0.1, 0.15) is 22.9 Å². The largest absolute Gasteiger partial charge is 0.257 e. The molecule has 3 heteroatoms. The van der Waals surface area contributed by atoms with Crippen molar-refractivity contribution in [3.05, 3.63) is 113 Å². The number of allylic oxidation sites excluding steroid dienone is 5. The van der Waals surface area contributed by atoms with E-state index < -0.39 is 0 Å². The Hall–Kier alpha value is -2.84. The van der Waals surface area contributed by atoms with E-state index in [4.69, 9.17) is 11.6 Å². The van der Waals surface area contributed by atoms with Crippen molar-refractivity contribution < 1.29 is 0 Å². The Balaban J connectivity index is 1.87. The summed E-state index contributed by atoms with van der Waals surface area (Å²) in [6.45, 7) is 0. The standard InChI is InChI=1S/C23H17ClN2/c24-18-11-12-20-19(15-18)22(16-7-3-1-4-8-16)23(17-9-5-2-6-10-17)21-13-14-25-26(20)21/h1-15,19-20H. The summed E-state index contributed by atoms with van der Waals surface area (Å²) in [6.07, 6.45) is 8.18. The summed E-state index contributed by atoms with van der Waals surface area (Å²) in [4.78, 5) is 0. The second-order valence-corrected chi connectivity index (χ2v) is 7.05. The summed E-state index contributed by atoms with van der Waals surface area (Å²) >= 11 is 6.41. The molecule has 2 nitrogen and oxygen atoms in total. The molecule has 5 rings (SSSR count). The van der Waals surface area contributed by atoms with Crippen LogP contribution in [-0.4, -0.2) is 9.78 Å². The van der Waals surface area contributed by atoms with E-state index in [1.165, 1.54) is 22.3 Å². The Morgan fingerprint density at radius 3 is 2.27 bits per heavy atom. The first-order valence-electron chi connectivity index (χ1n) is 8.77. The van der Waals surface area contributed by atoms with Crippen molar-refractivity contribution >= 4 is 22.7 Å². The minimum absolute atomic E-state index is 0.144. The zero-order valence-electron chi connectivity index (χ0n) is 14.1. The summed E-state index contributed by atoms with van der Waals surface area (Å²) in [5.41, 5.74) is 6.10. The Morgan fingerprint density at radius 2 is 1.54 bits per heavy atom. The number of hydrogen-bond acceptors (Lipinski definition) is 1. The van der Waals surface area contributed by atoms with Crippen LogP contribution < -0.4 is 0 Å². The van der Waals surface area contributed by atoms with Gasteiger partial charge in [0, 0.05) is 22.7 Å². The number of hydrogen-bond donors (Lipinski definition) is 0. The molecule has 0 N–H and O–H groups in total. The molecule has 0 bridgehead atoms. The summed E-state index contributed by atoms with van der Waals surface area (Å²) < 4.78 is 2.12. The van der Waals surface area contributed by atoms with Crippen molar-refractivity contribution in [1.29, 1.82) is 0 Å². The lowest BCUT2D eigenvalue weighted by atomic mass is 9.76. The molecule has 0 amide bonds. The number of aromatic nitrogens is 2. The molecule has 2 unspecified atom stereocenters. The second-order valence-electron chi connectivity index (χ2n) is 6.61. The molecule has 0 fully saturated rings. The Morgan fingerprint density at radius 1 is 0.846 bits per heavy atom. The normalized spacial score (nSPS) is 21.2. The minimum Gasteiger partial charge on any atom is -0.257 e. The SMILES string of the molecule is ClC1=CC2C(c3ccccc3)=C(c3ccccc3)c3ccnn3C2C=C1. The number of benzene rings is 2. The van der Waals surface area contributed by atoms with Gasteiger partial charge in [-0.05, 0) is 28.8 Å². The molecule has 3 aromatic rings. The maximum atomic E-state index is 6.41. The van der Waals surface area contributed by atoms with E-state index in [0.717, 1.165) is 10.7 Å². The van der Waals surface area contributed by atoms with E-state index >= 15 is 0 Å². The average Bonchev–Trinajstić information content (AvgIpc) is 3.17. The van der Waals surface area contributed by atoms with E-state index in [0.29, 0.717) is 0 Å². The molecule has 0 saturated carbocycles. The highest BCUT2D eigenvalue weighted by Gasteiger charge is 2.36. The second kappa shape index (κ2) is 6.15. The van der Waals surface area contributed by atoms with Crippen molar-refractivity contribution in [1.82, 2.24) is 9.78 Å². The summed E-state index contributed by atoms with van der Waals surface area (Å²) in [7, 11) is 0. The van der Waals surface area contributed by atoms with Crippen LogP contribution in [0.5, 0.6) is 0 Å². The van der Waals surface area contributed by atoms with E-state index in [2.05, 4.69) is 88.7 Å².